The van der Waals surface area contributed by atoms with E-state index in [9.17, 15) is 8.78 Å². The van der Waals surface area contributed by atoms with Gasteiger partial charge in [-0.25, -0.2) is 8.78 Å². The van der Waals surface area contributed by atoms with Crippen LogP contribution in [-0.4, -0.2) is 12.3 Å². The van der Waals surface area contributed by atoms with E-state index in [0.717, 1.165) is 24.3 Å². The summed E-state index contributed by atoms with van der Waals surface area (Å²) in [6, 6.07) is 0. The van der Waals surface area contributed by atoms with Crippen LogP contribution in [0.4, 0.5) is 8.78 Å². The smallest absolute Gasteiger partial charge is 0.134 e. The van der Waals surface area contributed by atoms with Crippen LogP contribution in [0.3, 0.4) is 0 Å². The van der Waals surface area contributed by atoms with Crippen LogP contribution < -0.4 is 0 Å². The summed E-state index contributed by atoms with van der Waals surface area (Å²) in [5.74, 6) is 3.54. The summed E-state index contributed by atoms with van der Waals surface area (Å²) in [6.45, 7) is 7.88. The fourth-order valence-electron chi connectivity index (χ4n) is 2.57. The summed E-state index contributed by atoms with van der Waals surface area (Å²) in [6.07, 6.45) is 19.0. The highest BCUT2D eigenvalue weighted by Crippen LogP contribution is 2.21. The van der Waals surface area contributed by atoms with E-state index in [1.54, 1.807) is 0 Å². The van der Waals surface area contributed by atoms with E-state index in [0.29, 0.717) is 6.42 Å². The van der Waals surface area contributed by atoms with Crippen LogP contribution in [0, 0.1) is 24.2 Å². The topological polar surface area (TPSA) is 0 Å². The van der Waals surface area contributed by atoms with Gasteiger partial charge in [-0.1, -0.05) is 70.4 Å². The molecular weight excluding hydrogens is 314 g/mol. The van der Waals surface area contributed by atoms with Crippen molar-refractivity contribution in [3.8, 4) is 12.3 Å². The summed E-state index contributed by atoms with van der Waals surface area (Å²) in [5.41, 5.74) is 1.03. The van der Waals surface area contributed by atoms with Crippen molar-refractivity contribution in [3.05, 3.63) is 36.0 Å². The molecule has 0 rings (SSSR count). The van der Waals surface area contributed by atoms with Crippen LogP contribution in [-0.2, 0) is 0 Å². The summed E-state index contributed by atoms with van der Waals surface area (Å²) >= 11 is 0. The fraction of sp³-hybridized carbons (Fsp3) is 0.652. The molecule has 2 heteroatoms. The minimum Gasteiger partial charge on any atom is -0.245 e. The van der Waals surface area contributed by atoms with Gasteiger partial charge in [-0.2, -0.15) is 0 Å². The van der Waals surface area contributed by atoms with Gasteiger partial charge in [-0.3, -0.25) is 0 Å². The quantitative estimate of drug-likeness (QED) is 0.185. The van der Waals surface area contributed by atoms with Crippen LogP contribution in [0.2, 0.25) is 0 Å². The number of alkyl halides is 2. The lowest BCUT2D eigenvalue weighted by Gasteiger charge is -2.13. The van der Waals surface area contributed by atoms with Crippen molar-refractivity contribution in [1.29, 1.82) is 0 Å². The van der Waals surface area contributed by atoms with Crippen molar-refractivity contribution in [2.24, 2.45) is 11.8 Å². The average Bonchev–Trinajstić information content (AvgIpc) is 2.59. The molecule has 0 aliphatic heterocycles. The minimum atomic E-state index is -1.45. The molecular formula is C23H36F2. The second-order valence-electron chi connectivity index (χ2n) is 7.04. The number of halogens is 2. The van der Waals surface area contributed by atoms with Gasteiger partial charge in [0.25, 0.3) is 0 Å². The first-order chi connectivity index (χ1) is 11.9. The normalized spacial score (nSPS) is 17.6. The maximum absolute atomic E-state index is 13.5. The highest BCUT2D eigenvalue weighted by Gasteiger charge is 2.14. The first kappa shape index (κ1) is 23.6. The van der Waals surface area contributed by atoms with Crippen LogP contribution in [0.1, 0.15) is 72.6 Å². The standard InChI is InChI=1S/C23H36F2/c1-6-8-10-16-22(17-18-23(25)21(5)24)20(4)15-12-11-14-19(3)13-9-7-2/h1,10-12,16-17,19-21,23H,7-9,13-15,18H2,2-5H3/b12-11?,16-10-,22-17+. The summed E-state index contributed by atoms with van der Waals surface area (Å²) in [4.78, 5) is 0. The van der Waals surface area contributed by atoms with Gasteiger partial charge in [0.05, 0.1) is 0 Å². The van der Waals surface area contributed by atoms with Crippen molar-refractivity contribution in [2.45, 2.75) is 85.0 Å². The summed E-state index contributed by atoms with van der Waals surface area (Å²) in [5, 5.41) is 0. The zero-order valence-electron chi connectivity index (χ0n) is 16.5. The second-order valence-corrected chi connectivity index (χ2v) is 7.04. The third kappa shape index (κ3) is 12.6. The Labute approximate surface area is 154 Å². The first-order valence-corrected chi connectivity index (χ1v) is 9.65. The monoisotopic (exact) mass is 350 g/mol. The molecule has 0 radical (unpaired) electrons. The molecule has 0 nitrogen and oxygen atoms in total. The average molecular weight is 351 g/mol. The third-order valence-corrected chi connectivity index (χ3v) is 4.44. The molecule has 0 aliphatic rings. The summed E-state index contributed by atoms with van der Waals surface area (Å²) in [7, 11) is 0. The number of allylic oxidation sites excluding steroid dienone is 6. The third-order valence-electron chi connectivity index (χ3n) is 4.44. The highest BCUT2D eigenvalue weighted by molar-refractivity contribution is 5.23. The maximum atomic E-state index is 13.5. The molecule has 0 bridgehead atoms. The zero-order chi connectivity index (χ0) is 19.1. The molecule has 0 aromatic rings. The van der Waals surface area contributed by atoms with Gasteiger partial charge in [-0.05, 0) is 43.6 Å². The Morgan fingerprint density at radius 1 is 1.04 bits per heavy atom. The molecule has 4 unspecified atom stereocenters. The molecule has 25 heavy (non-hydrogen) atoms. The van der Waals surface area contributed by atoms with E-state index in [1.165, 1.54) is 26.2 Å². The highest BCUT2D eigenvalue weighted by atomic mass is 19.2. The maximum Gasteiger partial charge on any atom is 0.134 e. The van der Waals surface area contributed by atoms with Crippen molar-refractivity contribution >= 4 is 0 Å². The number of terminal acetylenes is 1. The molecule has 0 aliphatic carbocycles. The van der Waals surface area contributed by atoms with E-state index in [-0.39, 0.29) is 12.3 Å². The predicted molar refractivity (Wildman–Crippen MR) is 107 cm³/mol. The van der Waals surface area contributed by atoms with Crippen LogP contribution in [0.5, 0.6) is 0 Å². The van der Waals surface area contributed by atoms with Gasteiger partial charge >= 0.3 is 0 Å². The van der Waals surface area contributed by atoms with E-state index in [4.69, 9.17) is 6.42 Å². The molecule has 0 spiro atoms. The Hall–Kier alpha value is -1.36. The molecule has 0 aromatic heterocycles. The van der Waals surface area contributed by atoms with Gasteiger partial charge in [0.15, 0.2) is 0 Å². The zero-order valence-corrected chi connectivity index (χ0v) is 16.5. The van der Waals surface area contributed by atoms with E-state index >= 15 is 0 Å². The lowest BCUT2D eigenvalue weighted by Crippen LogP contribution is -2.12. The molecule has 0 fully saturated rings. The number of rotatable bonds is 13. The molecule has 142 valence electrons. The number of hydrogen-bond acceptors (Lipinski definition) is 0. The molecule has 0 aromatic carbocycles. The first-order valence-electron chi connectivity index (χ1n) is 9.65. The van der Waals surface area contributed by atoms with Crippen molar-refractivity contribution in [2.75, 3.05) is 0 Å². The van der Waals surface area contributed by atoms with Gasteiger partial charge in [0, 0.05) is 6.42 Å². The molecule has 0 heterocycles. The van der Waals surface area contributed by atoms with Gasteiger partial charge in [-0.15, -0.1) is 12.3 Å². The van der Waals surface area contributed by atoms with E-state index in [2.05, 4.69) is 38.8 Å². The van der Waals surface area contributed by atoms with E-state index in [1.807, 2.05) is 18.2 Å². The molecule has 4 atom stereocenters. The van der Waals surface area contributed by atoms with Crippen molar-refractivity contribution in [1.82, 2.24) is 0 Å². The van der Waals surface area contributed by atoms with Gasteiger partial charge < -0.3 is 0 Å². The molecule has 0 N–H and O–H groups in total. The minimum absolute atomic E-state index is 0.107. The van der Waals surface area contributed by atoms with Gasteiger partial charge in [0.1, 0.15) is 12.3 Å². The molecule has 0 saturated heterocycles. The van der Waals surface area contributed by atoms with Crippen molar-refractivity contribution < 1.29 is 8.78 Å². The number of unbranched alkanes of at least 4 members (excludes halogenated alkanes) is 1. The van der Waals surface area contributed by atoms with Gasteiger partial charge in [0.2, 0.25) is 0 Å². The SMILES string of the molecule is C#CC/C=C\C(=C/CC(F)C(C)F)C(C)CC=CCC(C)CCCC. The van der Waals surface area contributed by atoms with Crippen LogP contribution >= 0.6 is 0 Å². The Kier molecular flexibility index (Phi) is 14.1. The largest absolute Gasteiger partial charge is 0.245 e. The van der Waals surface area contributed by atoms with Crippen LogP contribution in [0.25, 0.3) is 0 Å². The Morgan fingerprint density at radius 3 is 2.32 bits per heavy atom. The van der Waals surface area contributed by atoms with Crippen LogP contribution in [0.15, 0.2) is 36.0 Å². The second kappa shape index (κ2) is 14.9. The molecule has 0 amide bonds. The predicted octanol–water partition coefficient (Wildman–Crippen LogP) is 7.38. The number of hydrogen-bond donors (Lipinski definition) is 0. The lowest BCUT2D eigenvalue weighted by molar-refractivity contribution is 0.184. The fourth-order valence-corrected chi connectivity index (χ4v) is 2.57. The van der Waals surface area contributed by atoms with Crippen molar-refractivity contribution in [3.63, 3.8) is 0 Å². The van der Waals surface area contributed by atoms with E-state index < -0.39 is 12.3 Å². The lowest BCUT2D eigenvalue weighted by atomic mass is 9.94. The Morgan fingerprint density at radius 2 is 1.72 bits per heavy atom. The Bertz CT molecular complexity index is 451. The summed E-state index contributed by atoms with van der Waals surface area (Å²) < 4.78 is 26.6. The molecule has 0 saturated carbocycles. The Balaban J connectivity index is 4.62.